The molecule has 7 heteroatoms. The first-order valence-corrected chi connectivity index (χ1v) is 4.06. The smallest absolute Gasteiger partial charge is 0.249 e. The Morgan fingerprint density at radius 3 is 2.36 bits per heavy atom. The Kier molecular flexibility index (Phi) is 3.30. The number of nitrogens with zero attached hydrogens (tertiary/aromatic N) is 3. The maximum atomic E-state index is 12.9. The van der Waals surface area contributed by atoms with Gasteiger partial charge in [0.15, 0.2) is 5.82 Å². The molecular formula is C7H2Cl2FN3O. The van der Waals surface area contributed by atoms with E-state index in [1.807, 2.05) is 0 Å². The van der Waals surface area contributed by atoms with Crippen molar-refractivity contribution in [2.45, 2.75) is 0 Å². The van der Waals surface area contributed by atoms with Gasteiger partial charge < -0.3 is 0 Å². The molecule has 14 heavy (non-hydrogen) atoms. The van der Waals surface area contributed by atoms with Crippen LogP contribution in [0.15, 0.2) is 17.2 Å². The Morgan fingerprint density at radius 1 is 1.43 bits per heavy atom. The van der Waals surface area contributed by atoms with Gasteiger partial charge in [-0.2, -0.15) is 0 Å². The lowest BCUT2D eigenvalue weighted by atomic mass is 10.2. The third kappa shape index (κ3) is 2.14. The van der Waals surface area contributed by atoms with E-state index in [1.54, 1.807) is 0 Å². The Bertz CT molecular complexity index is 420. The maximum Gasteiger partial charge on any atom is 0.249 e. The van der Waals surface area contributed by atoms with Gasteiger partial charge in [-0.25, -0.2) is 4.39 Å². The van der Waals surface area contributed by atoms with E-state index in [-0.39, 0.29) is 15.6 Å². The number of carbonyl (C=O) groups excluding carboxylic acids is 1. The molecule has 1 rings (SSSR count). The number of hydrogen-bond acceptors (Lipinski definition) is 1. The van der Waals surface area contributed by atoms with Gasteiger partial charge in [0.05, 0.1) is 10.0 Å². The van der Waals surface area contributed by atoms with Crippen LogP contribution in [0.25, 0.3) is 10.4 Å². The van der Waals surface area contributed by atoms with E-state index in [0.717, 1.165) is 12.1 Å². The highest BCUT2D eigenvalue weighted by Crippen LogP contribution is 2.24. The zero-order valence-corrected chi connectivity index (χ0v) is 8.05. The summed E-state index contributed by atoms with van der Waals surface area (Å²) in [6.45, 7) is 0. The zero-order valence-electron chi connectivity index (χ0n) is 6.54. The third-order valence-electron chi connectivity index (χ3n) is 1.37. The van der Waals surface area contributed by atoms with Crippen molar-refractivity contribution < 1.29 is 9.18 Å². The van der Waals surface area contributed by atoms with Crippen LogP contribution in [0, 0.1) is 5.82 Å². The summed E-state index contributed by atoms with van der Waals surface area (Å²) in [5.41, 5.74) is 7.93. The second-order valence-corrected chi connectivity index (χ2v) is 3.06. The highest BCUT2D eigenvalue weighted by Gasteiger charge is 2.11. The van der Waals surface area contributed by atoms with E-state index < -0.39 is 11.7 Å². The average molecular weight is 234 g/mol. The van der Waals surface area contributed by atoms with Gasteiger partial charge >= 0.3 is 0 Å². The molecule has 72 valence electrons. The Balaban J connectivity index is 3.25. The second-order valence-electron chi connectivity index (χ2n) is 2.25. The largest absolute Gasteiger partial charge is 0.287 e. The van der Waals surface area contributed by atoms with E-state index >= 15 is 0 Å². The summed E-state index contributed by atoms with van der Waals surface area (Å²) in [5.74, 6) is -1.68. The number of amides is 1. The van der Waals surface area contributed by atoms with Crippen LogP contribution in [0.3, 0.4) is 0 Å². The summed E-state index contributed by atoms with van der Waals surface area (Å²) >= 11 is 10.8. The topological polar surface area (TPSA) is 65.8 Å². The molecule has 0 aliphatic rings. The van der Waals surface area contributed by atoms with Crippen molar-refractivity contribution in [1.29, 1.82) is 0 Å². The molecular weight excluding hydrogens is 232 g/mol. The molecule has 1 aromatic carbocycles. The molecule has 0 saturated carbocycles. The van der Waals surface area contributed by atoms with Gasteiger partial charge in [-0.1, -0.05) is 23.2 Å². The van der Waals surface area contributed by atoms with Gasteiger partial charge in [0.1, 0.15) is 0 Å². The van der Waals surface area contributed by atoms with Crippen molar-refractivity contribution in [3.8, 4) is 0 Å². The SMILES string of the molecule is [N-]=[N+]=NC(=O)c1cc(Cl)c(F)c(Cl)c1. The summed E-state index contributed by atoms with van der Waals surface area (Å²) in [5, 5.41) is 2.21. The summed E-state index contributed by atoms with van der Waals surface area (Å²) in [7, 11) is 0. The molecule has 1 amide bonds. The third-order valence-corrected chi connectivity index (χ3v) is 1.92. The van der Waals surface area contributed by atoms with Crippen molar-refractivity contribution in [2.75, 3.05) is 0 Å². The highest BCUT2D eigenvalue weighted by atomic mass is 35.5. The van der Waals surface area contributed by atoms with Gasteiger partial charge in [-0.15, -0.1) is 0 Å². The number of rotatable bonds is 1. The molecule has 0 aromatic heterocycles. The predicted molar refractivity (Wildman–Crippen MR) is 49.9 cm³/mol. The Morgan fingerprint density at radius 2 is 1.93 bits per heavy atom. The summed E-state index contributed by atoms with van der Waals surface area (Å²) in [6.07, 6.45) is 0. The minimum Gasteiger partial charge on any atom is -0.287 e. The molecule has 0 spiro atoms. The minimum absolute atomic E-state index is 0.0563. The van der Waals surface area contributed by atoms with Crippen LogP contribution in [-0.2, 0) is 0 Å². The molecule has 0 atom stereocenters. The molecule has 1 aromatic rings. The maximum absolute atomic E-state index is 12.9. The lowest BCUT2D eigenvalue weighted by molar-refractivity contribution is 0.100. The van der Waals surface area contributed by atoms with Gasteiger partial charge in [0.2, 0.25) is 5.91 Å². The quantitative estimate of drug-likeness (QED) is 0.317. The van der Waals surface area contributed by atoms with Crippen LogP contribution >= 0.6 is 23.2 Å². The molecule has 0 fully saturated rings. The molecule has 0 aliphatic heterocycles. The molecule has 0 saturated heterocycles. The second kappa shape index (κ2) is 4.28. The minimum atomic E-state index is -0.865. The van der Waals surface area contributed by atoms with Crippen molar-refractivity contribution in [1.82, 2.24) is 0 Å². The normalized spacial score (nSPS) is 9.36. The first-order chi connectivity index (χ1) is 6.56. The molecule has 0 unspecified atom stereocenters. The van der Waals surface area contributed by atoms with Crippen LogP contribution in [-0.4, -0.2) is 5.91 Å². The first-order valence-electron chi connectivity index (χ1n) is 3.30. The lowest BCUT2D eigenvalue weighted by Gasteiger charge is -1.99. The molecule has 0 bridgehead atoms. The van der Waals surface area contributed by atoms with E-state index in [4.69, 9.17) is 28.7 Å². The number of benzene rings is 1. The van der Waals surface area contributed by atoms with Crippen molar-refractivity contribution in [3.05, 3.63) is 44.0 Å². The molecule has 0 aliphatic carbocycles. The molecule has 0 N–H and O–H groups in total. The van der Waals surface area contributed by atoms with E-state index in [2.05, 4.69) is 10.0 Å². The van der Waals surface area contributed by atoms with Crippen LogP contribution in [0.4, 0.5) is 4.39 Å². The fourth-order valence-electron chi connectivity index (χ4n) is 0.777. The fourth-order valence-corrected chi connectivity index (χ4v) is 1.26. The molecule has 0 radical (unpaired) electrons. The van der Waals surface area contributed by atoms with Gasteiger partial charge in [0, 0.05) is 10.5 Å². The molecule has 0 heterocycles. The zero-order chi connectivity index (χ0) is 10.7. The van der Waals surface area contributed by atoms with Crippen molar-refractivity contribution >= 4 is 29.1 Å². The number of halogens is 3. The highest BCUT2D eigenvalue weighted by molar-refractivity contribution is 6.35. The van der Waals surface area contributed by atoms with Crippen LogP contribution in [0.2, 0.25) is 10.0 Å². The number of carbonyl (C=O) groups is 1. The summed E-state index contributed by atoms with van der Waals surface area (Å²) < 4.78 is 12.9. The first kappa shape index (κ1) is 10.8. The predicted octanol–water partition coefficient (Wildman–Crippen LogP) is 3.58. The Hall–Kier alpha value is -1.29. The van der Waals surface area contributed by atoms with Gasteiger partial charge in [-0.3, -0.25) is 4.79 Å². The fraction of sp³-hybridized carbons (Fsp3) is 0. The van der Waals surface area contributed by atoms with Crippen LogP contribution < -0.4 is 0 Å². The average Bonchev–Trinajstić information content (AvgIpc) is 2.13. The molecule has 4 nitrogen and oxygen atoms in total. The van der Waals surface area contributed by atoms with Crippen molar-refractivity contribution in [3.63, 3.8) is 0 Å². The number of azide groups is 1. The van der Waals surface area contributed by atoms with Gasteiger partial charge in [0.25, 0.3) is 0 Å². The lowest BCUT2D eigenvalue weighted by Crippen LogP contribution is -1.94. The summed E-state index contributed by atoms with van der Waals surface area (Å²) in [6, 6.07) is 2.08. The van der Waals surface area contributed by atoms with Gasteiger partial charge in [-0.05, 0) is 22.8 Å². The Labute approximate surface area is 87.9 Å². The monoisotopic (exact) mass is 233 g/mol. The van der Waals surface area contributed by atoms with E-state index in [1.165, 1.54) is 0 Å². The number of hydrogen-bond donors (Lipinski definition) is 0. The van der Waals surface area contributed by atoms with E-state index in [0.29, 0.717) is 0 Å². The van der Waals surface area contributed by atoms with E-state index in [9.17, 15) is 9.18 Å². The van der Waals surface area contributed by atoms with Crippen LogP contribution in [0.1, 0.15) is 10.4 Å². The van der Waals surface area contributed by atoms with Crippen LogP contribution in [0.5, 0.6) is 0 Å². The van der Waals surface area contributed by atoms with Crippen molar-refractivity contribution in [2.24, 2.45) is 5.11 Å². The summed E-state index contributed by atoms with van der Waals surface area (Å²) in [4.78, 5) is 13.3. The standard InChI is InChI=1S/C7H2Cl2FN3O/c8-4-1-3(7(14)12-13-11)2-5(9)6(4)10/h1-2H.